The molecule has 3 fully saturated rings. The first-order valence-corrected chi connectivity index (χ1v) is 10.2. The first-order valence-electron chi connectivity index (χ1n) is 9.35. The number of aryl methyl sites for hydroxylation is 1. The van der Waals surface area contributed by atoms with Gasteiger partial charge in [0.1, 0.15) is 6.04 Å². The highest BCUT2D eigenvalue weighted by Gasteiger charge is 2.40. The van der Waals surface area contributed by atoms with Crippen molar-refractivity contribution in [3.05, 3.63) is 10.6 Å². The largest absolute Gasteiger partial charge is 0.307 e. The fourth-order valence-corrected chi connectivity index (χ4v) is 5.64. The first kappa shape index (κ1) is 16.8. The van der Waals surface area contributed by atoms with Crippen molar-refractivity contribution in [2.75, 3.05) is 37.6 Å². The predicted octanol–water partition coefficient (Wildman–Crippen LogP) is 2.31. The molecule has 0 spiro atoms. The van der Waals surface area contributed by atoms with Gasteiger partial charge in [-0.15, -0.1) is 11.3 Å². The van der Waals surface area contributed by atoms with Crippen molar-refractivity contribution in [3.63, 3.8) is 0 Å². The summed E-state index contributed by atoms with van der Waals surface area (Å²) in [4.78, 5) is 25.0. The smallest absolute Gasteiger partial charge is 0.248 e. The molecule has 7 heteroatoms. The molecule has 0 radical (unpaired) electrons. The zero-order valence-corrected chi connectivity index (χ0v) is 15.6. The van der Waals surface area contributed by atoms with Crippen LogP contribution in [0.5, 0.6) is 0 Å². The van der Waals surface area contributed by atoms with E-state index in [0.717, 1.165) is 30.5 Å². The quantitative estimate of drug-likeness (QED) is 0.758. The monoisotopic (exact) mass is 359 g/mol. The van der Waals surface area contributed by atoms with Gasteiger partial charge in [-0.1, -0.05) is 19.3 Å². The van der Waals surface area contributed by atoms with Crippen molar-refractivity contribution in [2.45, 2.75) is 51.0 Å². The Hall–Kier alpha value is -1.65. The third kappa shape index (κ3) is 3.13. The summed E-state index contributed by atoms with van der Waals surface area (Å²) in [6.07, 6.45) is 8.66. The molecular formula is C18H25N5OS. The summed E-state index contributed by atoms with van der Waals surface area (Å²) in [7, 11) is 0. The number of carbonyl (C=O) groups is 1. The molecule has 2 aliphatic heterocycles. The normalized spacial score (nSPS) is 25.8. The van der Waals surface area contributed by atoms with Gasteiger partial charge in [0.15, 0.2) is 11.3 Å². The van der Waals surface area contributed by atoms with Crippen molar-refractivity contribution in [2.24, 2.45) is 0 Å². The van der Waals surface area contributed by atoms with Gasteiger partial charge in [-0.3, -0.25) is 14.6 Å². The molecule has 1 atom stereocenters. The van der Waals surface area contributed by atoms with E-state index in [1.807, 2.05) is 4.90 Å². The van der Waals surface area contributed by atoms with Crippen LogP contribution >= 0.6 is 11.3 Å². The summed E-state index contributed by atoms with van der Waals surface area (Å²) in [6.45, 7) is 5.69. The second-order valence-electron chi connectivity index (χ2n) is 7.37. The maximum absolute atomic E-state index is 13.0. The van der Waals surface area contributed by atoms with Crippen LogP contribution in [0.3, 0.4) is 0 Å². The maximum Gasteiger partial charge on any atom is 0.248 e. The van der Waals surface area contributed by atoms with E-state index in [9.17, 15) is 4.79 Å². The minimum absolute atomic E-state index is 0.107. The fourth-order valence-electron chi connectivity index (χ4n) is 4.37. The Morgan fingerprint density at radius 2 is 1.92 bits per heavy atom. The highest BCUT2D eigenvalue weighted by Crippen LogP contribution is 2.40. The Bertz CT molecular complexity index is 690. The second-order valence-corrected chi connectivity index (χ2v) is 8.38. The van der Waals surface area contributed by atoms with E-state index < -0.39 is 0 Å². The Kier molecular flexibility index (Phi) is 4.65. The van der Waals surface area contributed by atoms with Crippen LogP contribution in [0.2, 0.25) is 0 Å². The minimum atomic E-state index is -0.204. The predicted molar refractivity (Wildman–Crippen MR) is 97.6 cm³/mol. The van der Waals surface area contributed by atoms with Crippen LogP contribution in [0.25, 0.3) is 0 Å². The average molecular weight is 359 g/mol. The molecule has 134 valence electrons. The van der Waals surface area contributed by atoms with Crippen LogP contribution in [0.4, 0.5) is 5.13 Å². The lowest BCUT2D eigenvalue weighted by Gasteiger charge is -2.44. The fraction of sp³-hybridized carbons (Fsp3) is 0.722. The van der Waals surface area contributed by atoms with Crippen LogP contribution in [-0.4, -0.2) is 59.5 Å². The van der Waals surface area contributed by atoms with Crippen LogP contribution in [-0.2, 0) is 4.79 Å². The van der Waals surface area contributed by atoms with Gasteiger partial charge in [-0.25, -0.2) is 4.98 Å². The van der Waals surface area contributed by atoms with Gasteiger partial charge < -0.3 is 4.90 Å². The van der Waals surface area contributed by atoms with Crippen LogP contribution < -0.4 is 4.90 Å². The molecule has 3 heterocycles. The molecule has 6 nitrogen and oxygen atoms in total. The molecular weight excluding hydrogens is 334 g/mol. The number of anilines is 1. The molecule has 0 unspecified atom stereocenters. The lowest BCUT2D eigenvalue weighted by atomic mass is 9.88. The van der Waals surface area contributed by atoms with Gasteiger partial charge in [-0.2, -0.15) is 5.26 Å². The molecule has 1 aromatic heterocycles. The number of amides is 1. The molecule has 4 rings (SSSR count). The minimum Gasteiger partial charge on any atom is -0.307 e. The van der Waals surface area contributed by atoms with Crippen molar-refractivity contribution in [1.82, 2.24) is 14.8 Å². The van der Waals surface area contributed by atoms with E-state index >= 15 is 0 Å². The number of aromatic nitrogens is 1. The molecule has 25 heavy (non-hydrogen) atoms. The van der Waals surface area contributed by atoms with Crippen molar-refractivity contribution in [3.8, 4) is 6.19 Å². The number of thiazole rings is 1. The van der Waals surface area contributed by atoms with E-state index in [1.54, 1.807) is 16.2 Å². The first-order chi connectivity index (χ1) is 12.2. The summed E-state index contributed by atoms with van der Waals surface area (Å²) in [5, 5.41) is 10.0. The van der Waals surface area contributed by atoms with Gasteiger partial charge in [-0.05, 0) is 25.7 Å². The van der Waals surface area contributed by atoms with Gasteiger partial charge in [0.25, 0.3) is 0 Å². The van der Waals surface area contributed by atoms with Gasteiger partial charge >= 0.3 is 0 Å². The molecule has 1 aliphatic carbocycles. The average Bonchev–Trinajstić information content (AvgIpc) is 3.04. The van der Waals surface area contributed by atoms with Crippen LogP contribution in [0, 0.1) is 18.4 Å². The van der Waals surface area contributed by atoms with Crippen molar-refractivity contribution < 1.29 is 4.79 Å². The number of rotatable bonds is 2. The lowest BCUT2D eigenvalue weighted by Crippen LogP contribution is -2.64. The van der Waals surface area contributed by atoms with Gasteiger partial charge in [0.05, 0.1) is 12.2 Å². The number of nitriles is 1. The summed E-state index contributed by atoms with van der Waals surface area (Å²) in [5.41, 5.74) is 1.10. The zero-order chi connectivity index (χ0) is 17.4. The molecule has 1 aromatic rings. The van der Waals surface area contributed by atoms with Gasteiger partial charge in [0, 0.05) is 31.1 Å². The van der Waals surface area contributed by atoms with E-state index in [1.165, 1.54) is 37.0 Å². The standard InChI is InChI=1S/C18H25N5OS/c1-13-16(14-5-3-2-4-6-14)25-18(20-13)23-10-9-22-8-7-21(12-19)11-15(22)17(23)24/h14-15H,2-11H2,1H3/t15-/m1/s1. The Morgan fingerprint density at radius 1 is 1.16 bits per heavy atom. The van der Waals surface area contributed by atoms with Crippen LogP contribution in [0.15, 0.2) is 0 Å². The number of hydrogen-bond acceptors (Lipinski definition) is 6. The second kappa shape index (κ2) is 6.93. The van der Waals surface area contributed by atoms with Gasteiger partial charge in [0.2, 0.25) is 5.91 Å². The molecule has 1 amide bonds. The summed E-state index contributed by atoms with van der Waals surface area (Å²) in [6, 6.07) is -0.204. The molecule has 0 bridgehead atoms. The maximum atomic E-state index is 13.0. The number of fused-ring (bicyclic) bond motifs is 1. The van der Waals surface area contributed by atoms with E-state index in [4.69, 9.17) is 10.2 Å². The topological polar surface area (TPSA) is 63.5 Å². The molecule has 0 aromatic carbocycles. The van der Waals surface area contributed by atoms with Crippen molar-refractivity contribution >= 4 is 22.4 Å². The number of hydrogen-bond donors (Lipinski definition) is 0. The third-order valence-electron chi connectivity index (χ3n) is 5.82. The summed E-state index contributed by atoms with van der Waals surface area (Å²) >= 11 is 1.72. The molecule has 0 N–H and O–H groups in total. The lowest BCUT2D eigenvalue weighted by molar-refractivity contribution is -0.127. The van der Waals surface area contributed by atoms with E-state index in [-0.39, 0.29) is 11.9 Å². The number of piperazine rings is 2. The van der Waals surface area contributed by atoms with Crippen molar-refractivity contribution in [1.29, 1.82) is 5.26 Å². The molecule has 3 aliphatic rings. The molecule has 1 saturated carbocycles. The highest BCUT2D eigenvalue weighted by molar-refractivity contribution is 7.16. The molecule has 2 saturated heterocycles. The van der Waals surface area contributed by atoms with Crippen LogP contribution in [0.1, 0.15) is 48.6 Å². The Labute approximate surface area is 153 Å². The summed E-state index contributed by atoms with van der Waals surface area (Å²) < 4.78 is 0. The summed E-state index contributed by atoms with van der Waals surface area (Å²) in [5.74, 6) is 0.732. The van der Waals surface area contributed by atoms with E-state index in [2.05, 4.69) is 18.0 Å². The SMILES string of the molecule is Cc1nc(N2CCN3CCN(C#N)C[C@@H]3C2=O)sc1C1CCCCC1. The zero-order valence-electron chi connectivity index (χ0n) is 14.8. The highest BCUT2D eigenvalue weighted by atomic mass is 32.1. The Balaban J connectivity index is 1.54. The number of carbonyl (C=O) groups excluding carboxylic acids is 1. The van der Waals surface area contributed by atoms with E-state index in [0.29, 0.717) is 19.0 Å². The third-order valence-corrected chi connectivity index (χ3v) is 7.17. The number of nitrogens with zero attached hydrogens (tertiary/aromatic N) is 5. The Morgan fingerprint density at radius 3 is 2.68 bits per heavy atom.